The number of fused-ring (bicyclic) bond motifs is 1. The zero-order valence-electron chi connectivity index (χ0n) is 8.62. The van der Waals surface area contributed by atoms with E-state index in [4.69, 9.17) is 5.73 Å². The Morgan fingerprint density at radius 1 is 1.57 bits per heavy atom. The van der Waals surface area contributed by atoms with Crippen LogP contribution in [0.4, 0.5) is 0 Å². The molecule has 0 radical (unpaired) electrons. The van der Waals surface area contributed by atoms with E-state index >= 15 is 0 Å². The van der Waals surface area contributed by atoms with E-state index in [9.17, 15) is 0 Å². The summed E-state index contributed by atoms with van der Waals surface area (Å²) in [6, 6.07) is 0. The first-order valence-corrected chi connectivity index (χ1v) is 6.05. The molecule has 1 aliphatic heterocycles. The van der Waals surface area contributed by atoms with Crippen molar-refractivity contribution in [2.24, 2.45) is 5.73 Å². The third-order valence-corrected chi connectivity index (χ3v) is 3.67. The second kappa shape index (κ2) is 4.38. The van der Waals surface area contributed by atoms with Crippen molar-refractivity contribution in [3.63, 3.8) is 0 Å². The van der Waals surface area contributed by atoms with E-state index in [-0.39, 0.29) is 0 Å². The fourth-order valence-corrected chi connectivity index (χ4v) is 2.93. The molecule has 2 N–H and O–H groups in total. The summed E-state index contributed by atoms with van der Waals surface area (Å²) in [7, 11) is 0. The highest BCUT2D eigenvalue weighted by Gasteiger charge is 2.19. The fourth-order valence-electron chi connectivity index (χ4n) is 1.90. The molecule has 14 heavy (non-hydrogen) atoms. The Kier molecular flexibility index (Phi) is 3.15. The van der Waals surface area contributed by atoms with E-state index in [0.717, 1.165) is 24.5 Å². The molecule has 2 rings (SSSR count). The van der Waals surface area contributed by atoms with Crippen LogP contribution < -0.4 is 5.73 Å². The Morgan fingerprint density at radius 2 is 2.43 bits per heavy atom. The molecule has 0 atom stereocenters. The molecule has 1 aliphatic rings. The van der Waals surface area contributed by atoms with Crippen LogP contribution in [0.2, 0.25) is 0 Å². The standard InChI is InChI=1S/C10H17N3S/c1-2-4-13-5-3-8-9(7-13)14-10(6-11)12-8/h2-7,11H2,1H3. The van der Waals surface area contributed by atoms with E-state index in [1.807, 2.05) is 0 Å². The van der Waals surface area contributed by atoms with Gasteiger partial charge >= 0.3 is 0 Å². The van der Waals surface area contributed by atoms with Crippen LogP contribution in [0, 0.1) is 0 Å². The summed E-state index contributed by atoms with van der Waals surface area (Å²) in [5.41, 5.74) is 6.88. The van der Waals surface area contributed by atoms with E-state index in [1.165, 1.54) is 23.5 Å². The number of nitrogens with zero attached hydrogens (tertiary/aromatic N) is 2. The number of hydrogen-bond donors (Lipinski definition) is 1. The average Bonchev–Trinajstić information content (AvgIpc) is 2.60. The molecule has 4 heteroatoms. The van der Waals surface area contributed by atoms with Crippen LogP contribution in [-0.4, -0.2) is 23.0 Å². The van der Waals surface area contributed by atoms with E-state index in [2.05, 4.69) is 16.8 Å². The Hall–Kier alpha value is -0.450. The lowest BCUT2D eigenvalue weighted by atomic mass is 10.2. The fraction of sp³-hybridized carbons (Fsp3) is 0.700. The van der Waals surface area contributed by atoms with Crippen LogP contribution in [0.25, 0.3) is 0 Å². The summed E-state index contributed by atoms with van der Waals surface area (Å²) in [5.74, 6) is 0. The first-order valence-electron chi connectivity index (χ1n) is 5.23. The van der Waals surface area contributed by atoms with Gasteiger partial charge in [0.1, 0.15) is 5.01 Å². The quantitative estimate of drug-likeness (QED) is 0.821. The number of rotatable bonds is 3. The number of thiazole rings is 1. The molecular weight excluding hydrogens is 194 g/mol. The smallest absolute Gasteiger partial charge is 0.107 e. The van der Waals surface area contributed by atoms with Gasteiger partial charge in [-0.25, -0.2) is 4.98 Å². The molecule has 0 aromatic carbocycles. The molecule has 0 fully saturated rings. The molecule has 0 amide bonds. The van der Waals surface area contributed by atoms with Crippen LogP contribution in [0.15, 0.2) is 0 Å². The number of nitrogens with two attached hydrogens (primary N) is 1. The van der Waals surface area contributed by atoms with Gasteiger partial charge in [0.05, 0.1) is 5.69 Å². The molecule has 0 saturated carbocycles. The summed E-state index contributed by atoms with van der Waals surface area (Å²) in [6.07, 6.45) is 2.34. The number of hydrogen-bond acceptors (Lipinski definition) is 4. The predicted molar refractivity (Wildman–Crippen MR) is 59.3 cm³/mol. The van der Waals surface area contributed by atoms with Crippen molar-refractivity contribution in [2.75, 3.05) is 13.1 Å². The average molecular weight is 211 g/mol. The summed E-state index contributed by atoms with van der Waals surface area (Å²) >= 11 is 1.79. The van der Waals surface area contributed by atoms with Crippen molar-refractivity contribution < 1.29 is 0 Å². The minimum atomic E-state index is 0.589. The van der Waals surface area contributed by atoms with Gasteiger partial charge in [-0.1, -0.05) is 6.92 Å². The molecular formula is C10H17N3S. The molecule has 1 aromatic heterocycles. The summed E-state index contributed by atoms with van der Waals surface area (Å²) in [4.78, 5) is 8.47. The van der Waals surface area contributed by atoms with Gasteiger partial charge in [0.25, 0.3) is 0 Å². The van der Waals surface area contributed by atoms with Gasteiger partial charge in [-0.15, -0.1) is 11.3 Å². The first-order chi connectivity index (χ1) is 6.83. The predicted octanol–water partition coefficient (Wildman–Crippen LogP) is 1.37. The van der Waals surface area contributed by atoms with Crippen LogP contribution in [0.5, 0.6) is 0 Å². The lowest BCUT2D eigenvalue weighted by Gasteiger charge is -2.25. The van der Waals surface area contributed by atoms with Gasteiger partial charge in [0.15, 0.2) is 0 Å². The molecule has 0 aliphatic carbocycles. The summed E-state index contributed by atoms with van der Waals surface area (Å²) in [6.45, 7) is 6.27. The molecule has 78 valence electrons. The van der Waals surface area contributed by atoms with Crippen molar-refractivity contribution >= 4 is 11.3 Å². The minimum Gasteiger partial charge on any atom is -0.325 e. The van der Waals surface area contributed by atoms with E-state index in [0.29, 0.717) is 6.54 Å². The molecule has 0 spiro atoms. The molecule has 1 aromatic rings. The van der Waals surface area contributed by atoms with E-state index in [1.54, 1.807) is 11.3 Å². The normalized spacial score (nSPS) is 17.0. The third kappa shape index (κ3) is 1.97. The second-order valence-corrected chi connectivity index (χ2v) is 4.88. The van der Waals surface area contributed by atoms with Crippen molar-refractivity contribution in [3.8, 4) is 0 Å². The maximum Gasteiger partial charge on any atom is 0.107 e. The van der Waals surface area contributed by atoms with Gasteiger partial charge in [-0.2, -0.15) is 0 Å². The highest BCUT2D eigenvalue weighted by Crippen LogP contribution is 2.24. The molecule has 3 nitrogen and oxygen atoms in total. The third-order valence-electron chi connectivity index (χ3n) is 2.57. The van der Waals surface area contributed by atoms with Gasteiger partial charge < -0.3 is 5.73 Å². The van der Waals surface area contributed by atoms with Crippen molar-refractivity contribution in [2.45, 2.75) is 32.9 Å². The SMILES string of the molecule is CCCN1CCc2nc(CN)sc2C1. The monoisotopic (exact) mass is 211 g/mol. The second-order valence-electron chi connectivity index (χ2n) is 3.71. The van der Waals surface area contributed by atoms with Gasteiger partial charge in [0, 0.05) is 30.9 Å². The Balaban J connectivity index is 2.09. The van der Waals surface area contributed by atoms with Gasteiger partial charge in [0.2, 0.25) is 0 Å². The van der Waals surface area contributed by atoms with Crippen LogP contribution >= 0.6 is 11.3 Å². The van der Waals surface area contributed by atoms with Crippen molar-refractivity contribution in [1.29, 1.82) is 0 Å². The van der Waals surface area contributed by atoms with E-state index < -0.39 is 0 Å². The first kappa shape index (κ1) is 10.1. The van der Waals surface area contributed by atoms with Crippen LogP contribution in [-0.2, 0) is 19.5 Å². The van der Waals surface area contributed by atoms with Crippen molar-refractivity contribution in [3.05, 3.63) is 15.6 Å². The summed E-state index contributed by atoms with van der Waals surface area (Å²) in [5, 5.41) is 1.09. The zero-order valence-corrected chi connectivity index (χ0v) is 9.44. The lowest BCUT2D eigenvalue weighted by Crippen LogP contribution is -2.30. The lowest BCUT2D eigenvalue weighted by molar-refractivity contribution is 0.256. The maximum absolute atomic E-state index is 5.59. The Bertz CT molecular complexity index is 308. The Morgan fingerprint density at radius 3 is 3.14 bits per heavy atom. The largest absolute Gasteiger partial charge is 0.325 e. The Labute approximate surface area is 88.9 Å². The molecule has 0 unspecified atom stereocenters. The highest BCUT2D eigenvalue weighted by atomic mass is 32.1. The maximum atomic E-state index is 5.59. The van der Waals surface area contributed by atoms with Crippen LogP contribution in [0.1, 0.15) is 28.9 Å². The summed E-state index contributed by atoms with van der Waals surface area (Å²) < 4.78 is 0. The van der Waals surface area contributed by atoms with Crippen molar-refractivity contribution in [1.82, 2.24) is 9.88 Å². The van der Waals surface area contributed by atoms with Crippen LogP contribution in [0.3, 0.4) is 0 Å². The molecule has 2 heterocycles. The highest BCUT2D eigenvalue weighted by molar-refractivity contribution is 7.11. The minimum absolute atomic E-state index is 0.589. The topological polar surface area (TPSA) is 42.2 Å². The van der Waals surface area contributed by atoms with Gasteiger partial charge in [-0.3, -0.25) is 4.90 Å². The molecule has 0 bridgehead atoms. The zero-order chi connectivity index (χ0) is 9.97. The number of aromatic nitrogens is 1. The van der Waals surface area contributed by atoms with Gasteiger partial charge in [-0.05, 0) is 13.0 Å². The molecule has 0 saturated heterocycles.